The minimum Gasteiger partial charge on any atom is -0.364 e. The number of carbonyl (C=O) groups is 1. The Morgan fingerprint density at radius 1 is 1.30 bits per heavy atom. The predicted octanol–water partition coefficient (Wildman–Crippen LogP) is 0.928. The first-order chi connectivity index (χ1) is 14.1. The zero-order valence-electron chi connectivity index (χ0n) is 18.4. The Bertz CT molecular complexity index is 660. The zero-order chi connectivity index (χ0) is 20.6. The highest BCUT2D eigenvalue weighted by Gasteiger charge is 2.31. The number of rotatable bonds is 7. The van der Waals surface area contributed by atoms with Crippen molar-refractivity contribution in [3.05, 3.63) is 18.0 Å². The van der Waals surface area contributed by atoms with Gasteiger partial charge in [0, 0.05) is 73.0 Å². The normalized spacial score (nSPS) is 20.8. The van der Waals surface area contributed by atoms with Crippen LogP contribution < -0.4 is 5.32 Å². The van der Waals surface area contributed by atoms with E-state index >= 15 is 0 Å². The maximum atomic E-state index is 12.3. The summed E-state index contributed by atoms with van der Waals surface area (Å²) >= 11 is 0. The van der Waals surface area contributed by atoms with E-state index in [0.29, 0.717) is 0 Å². The molecule has 2 saturated heterocycles. The molecule has 1 aromatic heterocycles. The van der Waals surface area contributed by atoms with Crippen LogP contribution in [0.15, 0.2) is 21.8 Å². The van der Waals surface area contributed by atoms with Gasteiger partial charge in [-0.2, -0.15) is 0 Å². The first-order valence-electron chi connectivity index (χ1n) is 10.6. The molecule has 0 saturated carbocycles. The van der Waals surface area contributed by atoms with Gasteiger partial charge < -0.3 is 19.6 Å². The van der Waals surface area contributed by atoms with Crippen LogP contribution in [0.4, 0.5) is 0 Å². The van der Waals surface area contributed by atoms with Crippen molar-refractivity contribution in [1.29, 1.82) is 0 Å². The average Bonchev–Trinajstić information content (AvgIpc) is 3.40. The molecule has 0 radical (unpaired) electrons. The van der Waals surface area contributed by atoms with Crippen LogP contribution in [0.2, 0.25) is 0 Å². The van der Waals surface area contributed by atoms with Crippen LogP contribution in [0, 0.1) is 0 Å². The van der Waals surface area contributed by atoms with Gasteiger partial charge >= 0.3 is 0 Å². The van der Waals surface area contributed by atoms with Gasteiger partial charge in [-0.3, -0.25) is 19.6 Å². The molecule has 0 bridgehead atoms. The molecule has 9 nitrogen and oxygen atoms in total. The summed E-state index contributed by atoms with van der Waals surface area (Å²) in [4.78, 5) is 25.5. The third-order valence-corrected chi connectivity index (χ3v) is 5.76. The second-order valence-corrected chi connectivity index (χ2v) is 8.01. The number of aliphatic imine (C=N–C) groups is 1. The van der Waals surface area contributed by atoms with Crippen molar-refractivity contribution in [3.63, 3.8) is 0 Å². The summed E-state index contributed by atoms with van der Waals surface area (Å²) in [6.45, 7) is 7.52. The monoisotopic (exact) mass is 533 g/mol. The molecule has 1 atom stereocenters. The second-order valence-electron chi connectivity index (χ2n) is 8.01. The van der Waals surface area contributed by atoms with Crippen molar-refractivity contribution in [3.8, 4) is 0 Å². The highest BCUT2D eigenvalue weighted by molar-refractivity contribution is 14.0. The summed E-state index contributed by atoms with van der Waals surface area (Å²) in [6.07, 6.45) is 4.71. The summed E-state index contributed by atoms with van der Waals surface area (Å²) in [5, 5.41) is 7.49. The Hall–Kier alpha value is -1.40. The quantitative estimate of drug-likeness (QED) is 0.242. The molecule has 2 aliphatic rings. The Balaban J connectivity index is 0.00000320. The van der Waals surface area contributed by atoms with Gasteiger partial charge in [0.1, 0.15) is 6.26 Å². The first kappa shape index (κ1) is 24.9. The highest BCUT2D eigenvalue weighted by atomic mass is 127. The minimum atomic E-state index is 0. The number of likely N-dealkylation sites (tertiary alicyclic amines) is 1. The number of guanidine groups is 1. The van der Waals surface area contributed by atoms with E-state index in [0.717, 1.165) is 83.3 Å². The van der Waals surface area contributed by atoms with Crippen molar-refractivity contribution in [1.82, 2.24) is 30.1 Å². The summed E-state index contributed by atoms with van der Waals surface area (Å²) in [6, 6.07) is 1.98. The highest BCUT2D eigenvalue weighted by Crippen LogP contribution is 2.18. The van der Waals surface area contributed by atoms with Crippen LogP contribution in [0.1, 0.15) is 25.0 Å². The van der Waals surface area contributed by atoms with Gasteiger partial charge in [0.25, 0.3) is 0 Å². The van der Waals surface area contributed by atoms with Gasteiger partial charge in [0.05, 0.1) is 11.7 Å². The fourth-order valence-electron chi connectivity index (χ4n) is 4.15. The molecular weight excluding hydrogens is 497 g/mol. The molecule has 3 rings (SSSR count). The average molecular weight is 533 g/mol. The number of carbonyl (C=O) groups excluding carboxylic acids is 1. The predicted molar refractivity (Wildman–Crippen MR) is 128 cm³/mol. The fraction of sp³-hybridized carbons (Fsp3) is 0.750. The molecular formula is C20H36IN7O2. The van der Waals surface area contributed by atoms with Gasteiger partial charge in [-0.05, 0) is 25.8 Å². The summed E-state index contributed by atoms with van der Waals surface area (Å²) in [5.74, 6) is 1.20. The van der Waals surface area contributed by atoms with Gasteiger partial charge in [-0.1, -0.05) is 5.16 Å². The molecule has 1 unspecified atom stereocenters. The van der Waals surface area contributed by atoms with Crippen molar-refractivity contribution < 1.29 is 9.32 Å². The van der Waals surface area contributed by atoms with E-state index in [1.54, 1.807) is 11.2 Å². The van der Waals surface area contributed by atoms with E-state index in [1.807, 2.05) is 27.2 Å². The third-order valence-electron chi connectivity index (χ3n) is 5.76. The molecule has 1 aromatic rings. The molecule has 0 aliphatic carbocycles. The van der Waals surface area contributed by atoms with Crippen molar-refractivity contribution in [2.75, 3.05) is 67.0 Å². The maximum absolute atomic E-state index is 12.3. The van der Waals surface area contributed by atoms with Gasteiger partial charge in [-0.25, -0.2) is 0 Å². The summed E-state index contributed by atoms with van der Waals surface area (Å²) in [5.41, 5.74) is 0.980. The summed E-state index contributed by atoms with van der Waals surface area (Å²) in [7, 11) is 5.53. The van der Waals surface area contributed by atoms with Crippen LogP contribution in [0.3, 0.4) is 0 Å². The van der Waals surface area contributed by atoms with Gasteiger partial charge in [0.15, 0.2) is 5.96 Å². The number of piperazine rings is 1. The maximum Gasteiger partial charge on any atom is 0.239 e. The molecule has 1 N–H and O–H groups in total. The molecule has 0 aromatic carbocycles. The Morgan fingerprint density at radius 2 is 2.07 bits per heavy atom. The van der Waals surface area contributed by atoms with E-state index in [-0.39, 0.29) is 35.9 Å². The summed E-state index contributed by atoms with van der Waals surface area (Å²) < 4.78 is 4.92. The number of halogens is 1. The molecule has 3 heterocycles. The number of amides is 1. The number of hydrogen-bond donors (Lipinski definition) is 1. The van der Waals surface area contributed by atoms with Gasteiger partial charge in [-0.15, -0.1) is 24.0 Å². The van der Waals surface area contributed by atoms with E-state index < -0.39 is 0 Å². The largest absolute Gasteiger partial charge is 0.364 e. The number of nitrogens with one attached hydrogen (secondary N) is 1. The Morgan fingerprint density at radius 3 is 2.70 bits per heavy atom. The lowest BCUT2D eigenvalue weighted by Crippen LogP contribution is -2.52. The van der Waals surface area contributed by atoms with Crippen LogP contribution in [0.5, 0.6) is 0 Å². The fourth-order valence-corrected chi connectivity index (χ4v) is 4.15. The van der Waals surface area contributed by atoms with E-state index in [4.69, 9.17) is 4.52 Å². The molecule has 2 aliphatic heterocycles. The molecule has 30 heavy (non-hydrogen) atoms. The lowest BCUT2D eigenvalue weighted by molar-refractivity contribution is -0.133. The molecule has 2 fully saturated rings. The van der Waals surface area contributed by atoms with E-state index in [9.17, 15) is 4.79 Å². The van der Waals surface area contributed by atoms with Gasteiger partial charge in [0.2, 0.25) is 5.91 Å². The van der Waals surface area contributed by atoms with Crippen LogP contribution in [-0.4, -0.2) is 110 Å². The number of likely N-dealkylation sites (N-methyl/N-ethyl adjacent to an activating group) is 1. The number of nitrogens with zero attached hydrogens (tertiary/aromatic N) is 6. The topological polar surface area (TPSA) is 80.5 Å². The molecule has 1 amide bonds. The molecule has 170 valence electrons. The first-order valence-corrected chi connectivity index (χ1v) is 10.6. The van der Waals surface area contributed by atoms with Crippen LogP contribution >= 0.6 is 24.0 Å². The minimum absolute atomic E-state index is 0. The van der Waals surface area contributed by atoms with Crippen molar-refractivity contribution in [2.45, 2.75) is 31.8 Å². The standard InChI is InChI=1S/C20H35N7O2.HI/c1-21-20(27-13-11-25(12-14-27)16-17-7-15-29-23-17)22-8-5-10-26-9-4-6-18(26)19(28)24(2)3;/h7,15,18H,4-6,8-14,16H2,1-3H3,(H,21,22);1H. The van der Waals surface area contributed by atoms with Crippen molar-refractivity contribution in [2.24, 2.45) is 4.99 Å². The lowest BCUT2D eigenvalue weighted by atomic mass is 10.2. The molecule has 10 heteroatoms. The number of hydrogen-bond acceptors (Lipinski definition) is 6. The third kappa shape index (κ3) is 6.81. The Labute approximate surface area is 196 Å². The van der Waals surface area contributed by atoms with Crippen LogP contribution in [-0.2, 0) is 11.3 Å². The van der Waals surface area contributed by atoms with E-state index in [1.165, 1.54) is 0 Å². The lowest BCUT2D eigenvalue weighted by Gasteiger charge is -2.36. The SMILES string of the molecule is CN=C(NCCCN1CCCC1C(=O)N(C)C)N1CCN(Cc2ccon2)CC1.I. The van der Waals surface area contributed by atoms with Crippen LogP contribution in [0.25, 0.3) is 0 Å². The molecule has 0 spiro atoms. The zero-order valence-corrected chi connectivity index (χ0v) is 20.7. The van der Waals surface area contributed by atoms with E-state index in [2.05, 4.69) is 30.2 Å². The van der Waals surface area contributed by atoms with Crippen molar-refractivity contribution >= 4 is 35.8 Å². The second kappa shape index (κ2) is 12.5. The smallest absolute Gasteiger partial charge is 0.239 e. The number of aromatic nitrogens is 1. The Kier molecular flexibility index (Phi) is 10.3.